The first kappa shape index (κ1) is 19.4. The molecule has 1 aromatic heterocycles. The Kier molecular flexibility index (Phi) is 5.25. The van der Waals surface area contributed by atoms with Gasteiger partial charge in [0.2, 0.25) is 0 Å². The minimum Gasteiger partial charge on any atom is -0.322 e. The first-order valence-corrected chi connectivity index (χ1v) is 8.96. The molecular formula is C17H12ClF3N2O3S. The number of ketones is 1. The fourth-order valence-corrected chi connectivity index (χ4v) is 4.07. The van der Waals surface area contributed by atoms with Crippen LogP contribution in [0.1, 0.15) is 27.2 Å². The lowest BCUT2D eigenvalue weighted by Crippen LogP contribution is -2.30. The monoisotopic (exact) mass is 416 g/mol. The van der Waals surface area contributed by atoms with Gasteiger partial charge in [0.1, 0.15) is 10.8 Å². The van der Waals surface area contributed by atoms with Gasteiger partial charge in [0.05, 0.1) is 5.56 Å². The number of anilines is 2. The van der Waals surface area contributed by atoms with Crippen molar-refractivity contribution in [3.63, 3.8) is 0 Å². The molecule has 0 saturated carbocycles. The van der Waals surface area contributed by atoms with Crippen LogP contribution < -0.4 is 10.6 Å². The van der Waals surface area contributed by atoms with Crippen molar-refractivity contribution in [1.82, 2.24) is 0 Å². The van der Waals surface area contributed by atoms with Crippen molar-refractivity contribution in [2.24, 2.45) is 0 Å². The largest absolute Gasteiger partial charge is 0.471 e. The maximum absolute atomic E-state index is 12.7. The number of halogens is 4. The number of amides is 2. The molecule has 5 nitrogen and oxygen atoms in total. The molecule has 1 aliphatic carbocycles. The highest BCUT2D eigenvalue weighted by atomic mass is 35.5. The van der Waals surface area contributed by atoms with Crippen molar-refractivity contribution < 1.29 is 27.6 Å². The summed E-state index contributed by atoms with van der Waals surface area (Å²) in [7, 11) is 0. The van der Waals surface area contributed by atoms with Gasteiger partial charge in [-0.3, -0.25) is 14.4 Å². The molecule has 0 fully saturated rings. The normalized spacial score (nSPS) is 13.9. The SMILES string of the molecule is O=C1CCc2c(sc(NC(=O)C(F)(F)F)c2C(=O)Nc2ccc(Cl)cc2)C1. The van der Waals surface area contributed by atoms with Crippen LogP contribution in [0.25, 0.3) is 0 Å². The quantitative estimate of drug-likeness (QED) is 0.787. The summed E-state index contributed by atoms with van der Waals surface area (Å²) < 4.78 is 37.9. The third-order valence-electron chi connectivity index (χ3n) is 3.92. The van der Waals surface area contributed by atoms with Crippen LogP contribution in [0.5, 0.6) is 0 Å². The average molecular weight is 417 g/mol. The van der Waals surface area contributed by atoms with E-state index in [2.05, 4.69) is 5.32 Å². The summed E-state index contributed by atoms with van der Waals surface area (Å²) in [6.45, 7) is 0. The molecule has 0 radical (unpaired) electrons. The van der Waals surface area contributed by atoms with Gasteiger partial charge in [0.15, 0.2) is 0 Å². The molecule has 27 heavy (non-hydrogen) atoms. The molecule has 142 valence electrons. The number of hydrogen-bond donors (Lipinski definition) is 2. The standard InChI is InChI=1S/C17H12ClF3N2O3S/c18-8-1-3-9(4-2-8)22-14(25)13-11-6-5-10(24)7-12(11)27-15(13)23-16(26)17(19,20)21/h1-4H,5-7H2,(H,22,25)(H,23,26). The van der Waals surface area contributed by atoms with Crippen LogP contribution >= 0.6 is 22.9 Å². The zero-order valence-electron chi connectivity index (χ0n) is 13.6. The summed E-state index contributed by atoms with van der Waals surface area (Å²) in [5.41, 5.74) is 0.836. The lowest BCUT2D eigenvalue weighted by molar-refractivity contribution is -0.167. The van der Waals surface area contributed by atoms with Crippen molar-refractivity contribution in [1.29, 1.82) is 0 Å². The molecule has 1 aromatic carbocycles. The summed E-state index contributed by atoms with van der Waals surface area (Å²) in [5, 5.41) is 4.57. The van der Waals surface area contributed by atoms with Gasteiger partial charge in [0.25, 0.3) is 5.91 Å². The Bertz CT molecular complexity index is 923. The van der Waals surface area contributed by atoms with Crippen molar-refractivity contribution in [3.05, 3.63) is 45.3 Å². The summed E-state index contributed by atoms with van der Waals surface area (Å²) >= 11 is 6.60. The van der Waals surface area contributed by atoms with Crippen molar-refractivity contribution >= 4 is 51.2 Å². The van der Waals surface area contributed by atoms with E-state index in [0.717, 1.165) is 11.3 Å². The van der Waals surface area contributed by atoms with Gasteiger partial charge in [-0.25, -0.2) is 0 Å². The molecule has 2 N–H and O–H groups in total. The second-order valence-electron chi connectivity index (χ2n) is 5.84. The number of hydrogen-bond acceptors (Lipinski definition) is 4. The molecule has 3 rings (SSSR count). The van der Waals surface area contributed by atoms with E-state index in [1.54, 1.807) is 17.4 Å². The molecule has 0 saturated heterocycles. The fraction of sp³-hybridized carbons (Fsp3) is 0.235. The smallest absolute Gasteiger partial charge is 0.322 e. The number of thiophene rings is 1. The van der Waals surface area contributed by atoms with Gasteiger partial charge in [-0.15, -0.1) is 11.3 Å². The highest BCUT2D eigenvalue weighted by Crippen LogP contribution is 2.38. The maximum Gasteiger partial charge on any atom is 0.471 e. The molecule has 0 aliphatic heterocycles. The third kappa shape index (κ3) is 4.30. The summed E-state index contributed by atoms with van der Waals surface area (Å²) in [6.07, 6.45) is -4.64. The van der Waals surface area contributed by atoms with E-state index in [1.807, 2.05) is 0 Å². The molecular weight excluding hydrogens is 405 g/mol. The molecule has 0 unspecified atom stereocenters. The predicted molar refractivity (Wildman–Crippen MR) is 95.4 cm³/mol. The number of fused-ring (bicyclic) bond motifs is 1. The van der Waals surface area contributed by atoms with Crippen LogP contribution in [0.4, 0.5) is 23.9 Å². The van der Waals surface area contributed by atoms with Crippen LogP contribution in [0.3, 0.4) is 0 Å². The van der Waals surface area contributed by atoms with Crippen molar-refractivity contribution in [2.45, 2.75) is 25.4 Å². The number of carbonyl (C=O) groups excluding carboxylic acids is 3. The minimum absolute atomic E-state index is 0.0309. The van der Waals surface area contributed by atoms with Crippen LogP contribution in [0.2, 0.25) is 5.02 Å². The maximum atomic E-state index is 12.7. The van der Waals surface area contributed by atoms with E-state index < -0.39 is 18.0 Å². The zero-order valence-corrected chi connectivity index (χ0v) is 15.1. The number of rotatable bonds is 3. The number of benzene rings is 1. The Morgan fingerprint density at radius 3 is 2.37 bits per heavy atom. The van der Waals surface area contributed by atoms with Gasteiger partial charge >= 0.3 is 12.1 Å². The summed E-state index contributed by atoms with van der Waals surface area (Å²) in [6, 6.07) is 6.17. The van der Waals surface area contributed by atoms with E-state index in [1.165, 1.54) is 12.1 Å². The van der Waals surface area contributed by atoms with Gasteiger partial charge < -0.3 is 10.6 Å². The van der Waals surface area contributed by atoms with Gasteiger partial charge in [0, 0.05) is 28.4 Å². The molecule has 0 atom stereocenters. The number of Topliss-reactive ketones (excluding diaryl/α,β-unsaturated/α-hetero) is 1. The third-order valence-corrected chi connectivity index (χ3v) is 5.32. The Hall–Kier alpha value is -2.39. The number of nitrogens with one attached hydrogen (secondary N) is 2. The van der Waals surface area contributed by atoms with Crippen LogP contribution in [-0.4, -0.2) is 23.8 Å². The van der Waals surface area contributed by atoms with Crippen molar-refractivity contribution in [3.8, 4) is 0 Å². The number of alkyl halides is 3. The topological polar surface area (TPSA) is 75.3 Å². The van der Waals surface area contributed by atoms with Crippen LogP contribution in [-0.2, 0) is 22.4 Å². The second-order valence-corrected chi connectivity index (χ2v) is 7.38. The minimum atomic E-state index is -5.09. The first-order valence-electron chi connectivity index (χ1n) is 7.76. The van der Waals surface area contributed by atoms with Crippen LogP contribution in [0.15, 0.2) is 24.3 Å². The Labute approximate surface area is 160 Å². The molecule has 2 amide bonds. The molecule has 2 aromatic rings. The highest BCUT2D eigenvalue weighted by Gasteiger charge is 2.40. The van der Waals surface area contributed by atoms with E-state index in [9.17, 15) is 27.6 Å². The predicted octanol–water partition coefficient (Wildman–Crippen LogP) is 4.21. The Balaban J connectivity index is 1.96. The first-order chi connectivity index (χ1) is 12.6. The van der Waals surface area contributed by atoms with E-state index in [-0.39, 0.29) is 35.6 Å². The lowest BCUT2D eigenvalue weighted by atomic mass is 9.94. The van der Waals surface area contributed by atoms with Gasteiger partial charge in [-0.05, 0) is 36.2 Å². The van der Waals surface area contributed by atoms with Gasteiger partial charge in [-0.2, -0.15) is 13.2 Å². The highest BCUT2D eigenvalue weighted by molar-refractivity contribution is 7.17. The summed E-state index contributed by atoms with van der Waals surface area (Å²) in [4.78, 5) is 36.2. The van der Waals surface area contributed by atoms with Gasteiger partial charge in [-0.1, -0.05) is 11.6 Å². The van der Waals surface area contributed by atoms with Crippen molar-refractivity contribution in [2.75, 3.05) is 10.6 Å². The van der Waals surface area contributed by atoms with E-state index in [0.29, 0.717) is 21.2 Å². The molecule has 10 heteroatoms. The van der Waals surface area contributed by atoms with Crippen LogP contribution in [0, 0.1) is 0 Å². The second kappa shape index (κ2) is 7.32. The fourth-order valence-electron chi connectivity index (χ4n) is 2.68. The number of carbonyl (C=O) groups is 3. The Morgan fingerprint density at radius 1 is 1.07 bits per heavy atom. The van der Waals surface area contributed by atoms with E-state index in [4.69, 9.17) is 11.6 Å². The Morgan fingerprint density at radius 2 is 1.74 bits per heavy atom. The molecule has 1 aliphatic rings. The molecule has 0 bridgehead atoms. The molecule has 0 spiro atoms. The zero-order chi connectivity index (χ0) is 19.8. The average Bonchev–Trinajstić information content (AvgIpc) is 2.93. The summed E-state index contributed by atoms with van der Waals surface area (Å²) in [5.74, 6) is -2.91. The lowest BCUT2D eigenvalue weighted by Gasteiger charge is -2.13. The van der Waals surface area contributed by atoms with E-state index >= 15 is 0 Å². The molecule has 1 heterocycles.